The van der Waals surface area contributed by atoms with E-state index >= 15 is 0 Å². The summed E-state index contributed by atoms with van der Waals surface area (Å²) in [6.45, 7) is 1.74. The lowest BCUT2D eigenvalue weighted by Crippen LogP contribution is -2.19. The molecule has 0 fully saturated rings. The van der Waals surface area contributed by atoms with Crippen LogP contribution in [0.5, 0.6) is 0 Å². The second kappa shape index (κ2) is 9.55. The van der Waals surface area contributed by atoms with Crippen LogP contribution in [0.15, 0.2) is 58.5 Å². The van der Waals surface area contributed by atoms with Crippen molar-refractivity contribution in [1.82, 2.24) is 9.97 Å². The van der Waals surface area contributed by atoms with Gasteiger partial charge in [0.15, 0.2) is 5.16 Å². The van der Waals surface area contributed by atoms with E-state index in [0.717, 1.165) is 17.3 Å². The number of benzene rings is 2. The third kappa shape index (κ3) is 5.68. The molecule has 0 aliphatic carbocycles. The van der Waals surface area contributed by atoms with Crippen molar-refractivity contribution in [1.29, 1.82) is 0 Å². The Balaban J connectivity index is 1.63. The van der Waals surface area contributed by atoms with Gasteiger partial charge in [-0.15, -0.1) is 0 Å². The Kier molecular flexibility index (Phi) is 6.86. The van der Waals surface area contributed by atoms with Crippen LogP contribution in [0.4, 0.5) is 11.4 Å². The van der Waals surface area contributed by atoms with Crippen LogP contribution < -0.4 is 10.9 Å². The summed E-state index contributed by atoms with van der Waals surface area (Å²) in [7, 11) is 0. The number of nitrogens with zero attached hydrogens (tertiary/aromatic N) is 2. The van der Waals surface area contributed by atoms with Crippen molar-refractivity contribution in [2.75, 3.05) is 11.1 Å². The number of aromatic nitrogens is 2. The maximum Gasteiger partial charge on any atom is 0.271 e. The number of nitro benzene ring substituents is 1. The molecule has 0 aliphatic rings. The lowest BCUT2D eigenvalue weighted by molar-refractivity contribution is -0.384. The highest BCUT2D eigenvalue weighted by Gasteiger charge is 2.12. The minimum atomic E-state index is -0.534. The summed E-state index contributed by atoms with van der Waals surface area (Å²) >= 11 is 6.96. The van der Waals surface area contributed by atoms with Crippen molar-refractivity contribution in [3.8, 4) is 0 Å². The molecule has 10 heteroatoms. The Morgan fingerprint density at radius 2 is 2.00 bits per heavy atom. The molecule has 2 aromatic carbocycles. The number of carbonyl (C=O) groups is 1. The predicted molar refractivity (Wildman–Crippen MR) is 116 cm³/mol. The summed E-state index contributed by atoms with van der Waals surface area (Å²) in [6.07, 6.45) is 0.420. The molecule has 0 spiro atoms. The molecule has 1 amide bonds. The number of hydrogen-bond donors (Lipinski definition) is 2. The summed E-state index contributed by atoms with van der Waals surface area (Å²) in [5.74, 6) is -0.382. The van der Waals surface area contributed by atoms with Gasteiger partial charge >= 0.3 is 0 Å². The molecule has 154 valence electrons. The smallest absolute Gasteiger partial charge is 0.271 e. The van der Waals surface area contributed by atoms with Crippen LogP contribution in [0.2, 0.25) is 5.02 Å². The number of aryl methyl sites for hydroxylation is 1. The molecule has 1 heterocycles. The number of nitro groups is 1. The molecule has 0 radical (unpaired) electrons. The fourth-order valence-corrected chi connectivity index (χ4v) is 3.53. The number of anilines is 1. The van der Waals surface area contributed by atoms with Crippen molar-refractivity contribution in [3.63, 3.8) is 0 Å². The molecule has 8 nitrogen and oxygen atoms in total. The molecular weight excluding hydrogens is 428 g/mol. The highest BCUT2D eigenvalue weighted by Crippen LogP contribution is 2.19. The highest BCUT2D eigenvalue weighted by atomic mass is 35.5. The quantitative estimate of drug-likeness (QED) is 0.246. The summed E-state index contributed by atoms with van der Waals surface area (Å²) < 4.78 is 0. The molecule has 1 aromatic heterocycles. The fourth-order valence-electron chi connectivity index (χ4n) is 2.70. The fraction of sp³-hybridized carbons (Fsp3) is 0.150. The molecule has 3 aromatic rings. The van der Waals surface area contributed by atoms with Gasteiger partial charge < -0.3 is 10.3 Å². The van der Waals surface area contributed by atoms with E-state index in [1.54, 1.807) is 25.1 Å². The zero-order valence-corrected chi connectivity index (χ0v) is 17.4. The first-order valence-corrected chi connectivity index (χ1v) is 10.2. The lowest BCUT2D eigenvalue weighted by Gasteiger charge is -2.08. The maximum atomic E-state index is 12.5. The van der Waals surface area contributed by atoms with Crippen LogP contribution >= 0.6 is 23.4 Å². The first-order valence-electron chi connectivity index (χ1n) is 8.83. The Morgan fingerprint density at radius 1 is 1.27 bits per heavy atom. The topological polar surface area (TPSA) is 118 Å². The monoisotopic (exact) mass is 444 g/mol. The second-order valence-electron chi connectivity index (χ2n) is 6.38. The molecular formula is C20H17ClN4O4S. The van der Waals surface area contributed by atoms with Crippen molar-refractivity contribution in [2.45, 2.75) is 18.5 Å². The van der Waals surface area contributed by atoms with E-state index in [-0.39, 0.29) is 22.9 Å². The number of rotatable bonds is 7. The van der Waals surface area contributed by atoms with E-state index in [1.165, 1.54) is 18.2 Å². The molecule has 0 aliphatic heterocycles. The largest absolute Gasteiger partial charge is 0.325 e. The number of amides is 1. The van der Waals surface area contributed by atoms with Crippen LogP contribution in [0.1, 0.15) is 16.8 Å². The number of nitrogens with one attached hydrogen (secondary N) is 2. The molecule has 2 N–H and O–H groups in total. The molecule has 0 saturated heterocycles. The average molecular weight is 445 g/mol. The van der Waals surface area contributed by atoms with Crippen molar-refractivity contribution >= 4 is 40.6 Å². The number of hydrogen-bond acceptors (Lipinski definition) is 6. The van der Waals surface area contributed by atoms with Crippen molar-refractivity contribution in [3.05, 3.63) is 90.8 Å². The molecule has 30 heavy (non-hydrogen) atoms. The van der Waals surface area contributed by atoms with Crippen LogP contribution in [-0.4, -0.2) is 26.6 Å². The number of thioether (sulfide) groups is 1. The van der Waals surface area contributed by atoms with E-state index in [1.807, 2.05) is 12.1 Å². The van der Waals surface area contributed by atoms with Crippen LogP contribution in [-0.2, 0) is 11.2 Å². The SMILES string of the molecule is Cc1nc(SCC(=O)Nc2cccc([N+](=O)[O-])c2)[nH]c(=O)c1Cc1ccc(Cl)cc1. The molecule has 0 unspecified atom stereocenters. The second-order valence-corrected chi connectivity index (χ2v) is 7.78. The molecule has 0 saturated carbocycles. The molecule has 0 atom stereocenters. The lowest BCUT2D eigenvalue weighted by atomic mass is 10.1. The minimum Gasteiger partial charge on any atom is -0.325 e. The summed E-state index contributed by atoms with van der Waals surface area (Å²) in [4.78, 5) is 42.0. The summed E-state index contributed by atoms with van der Waals surface area (Å²) in [5.41, 5.74) is 2.01. The van der Waals surface area contributed by atoms with Crippen LogP contribution in [0, 0.1) is 17.0 Å². The third-order valence-electron chi connectivity index (χ3n) is 4.18. The third-order valence-corrected chi connectivity index (χ3v) is 5.30. The zero-order chi connectivity index (χ0) is 21.7. The van der Waals surface area contributed by atoms with E-state index in [9.17, 15) is 19.7 Å². The normalized spacial score (nSPS) is 10.6. The Morgan fingerprint density at radius 3 is 2.67 bits per heavy atom. The van der Waals surface area contributed by atoms with Crippen molar-refractivity contribution in [2.24, 2.45) is 0 Å². The summed E-state index contributed by atoms with van der Waals surface area (Å²) in [6, 6.07) is 12.9. The number of H-pyrrole nitrogens is 1. The molecule has 0 bridgehead atoms. The van der Waals surface area contributed by atoms with E-state index in [4.69, 9.17) is 11.6 Å². The van der Waals surface area contributed by atoms with Gasteiger partial charge in [0.1, 0.15) is 0 Å². The number of carbonyl (C=O) groups excluding carboxylic acids is 1. The number of non-ortho nitro benzene ring substituents is 1. The Hall–Kier alpha value is -3.17. The van der Waals surface area contributed by atoms with Gasteiger partial charge in [0, 0.05) is 40.5 Å². The van der Waals surface area contributed by atoms with E-state index < -0.39 is 4.92 Å². The van der Waals surface area contributed by atoms with Gasteiger partial charge in [0.2, 0.25) is 5.91 Å². The van der Waals surface area contributed by atoms with Crippen LogP contribution in [0.25, 0.3) is 0 Å². The minimum absolute atomic E-state index is 0.0123. The van der Waals surface area contributed by atoms with E-state index in [2.05, 4.69) is 15.3 Å². The van der Waals surface area contributed by atoms with Gasteiger partial charge in [0.25, 0.3) is 11.2 Å². The molecule has 3 rings (SSSR count). The van der Waals surface area contributed by atoms with Crippen molar-refractivity contribution < 1.29 is 9.72 Å². The maximum absolute atomic E-state index is 12.5. The van der Waals surface area contributed by atoms with Gasteiger partial charge in [-0.1, -0.05) is 41.6 Å². The Labute approximate surface area is 180 Å². The predicted octanol–water partition coefficient (Wildman–Crippen LogP) is 3.96. The first kappa shape index (κ1) is 21.5. The Bertz CT molecular complexity index is 1150. The van der Waals surface area contributed by atoms with Crippen LogP contribution in [0.3, 0.4) is 0 Å². The highest BCUT2D eigenvalue weighted by molar-refractivity contribution is 7.99. The summed E-state index contributed by atoms with van der Waals surface area (Å²) in [5, 5.41) is 14.4. The van der Waals surface area contributed by atoms with Gasteiger partial charge in [-0.2, -0.15) is 0 Å². The standard InChI is InChI=1S/C20H17ClN4O4S/c1-12-17(9-13-5-7-14(21)8-6-13)19(27)24-20(22-12)30-11-18(26)23-15-3-2-4-16(10-15)25(28)29/h2-8,10H,9,11H2,1H3,(H,23,26)(H,22,24,27). The number of halogens is 1. The van der Waals surface area contributed by atoms with Gasteiger partial charge in [-0.25, -0.2) is 4.98 Å². The number of aromatic amines is 1. The van der Waals surface area contributed by atoms with Gasteiger partial charge in [-0.3, -0.25) is 19.7 Å². The van der Waals surface area contributed by atoms with E-state index in [0.29, 0.717) is 33.5 Å². The first-order chi connectivity index (χ1) is 14.3. The zero-order valence-electron chi connectivity index (χ0n) is 15.8. The van der Waals surface area contributed by atoms with Gasteiger partial charge in [-0.05, 0) is 30.7 Å². The average Bonchev–Trinajstić information content (AvgIpc) is 2.71. The van der Waals surface area contributed by atoms with Gasteiger partial charge in [0.05, 0.1) is 10.7 Å².